The second-order valence-electron chi connectivity index (χ2n) is 5.33. The molecule has 0 spiro atoms. The predicted octanol–water partition coefficient (Wildman–Crippen LogP) is 2.33. The molecule has 1 fully saturated rings. The monoisotopic (exact) mass is 257 g/mol. The maximum Gasteiger partial charge on any atom is 0.170 e. The number of rotatable bonds is 3. The Morgan fingerprint density at radius 3 is 3.00 bits per heavy atom. The molecule has 19 heavy (non-hydrogen) atoms. The zero-order valence-corrected chi connectivity index (χ0v) is 11.2. The zero-order valence-electron chi connectivity index (χ0n) is 11.2. The number of piperidine rings is 1. The van der Waals surface area contributed by atoms with Gasteiger partial charge in [-0.25, -0.2) is 0 Å². The summed E-state index contributed by atoms with van der Waals surface area (Å²) in [5.41, 5.74) is 1.61. The minimum atomic E-state index is 0.525. The summed E-state index contributed by atoms with van der Waals surface area (Å²) in [7, 11) is 2.18. The highest BCUT2D eigenvalue weighted by molar-refractivity contribution is 5.95. The van der Waals surface area contributed by atoms with E-state index in [1.165, 1.54) is 19.3 Å². The fourth-order valence-corrected chi connectivity index (χ4v) is 2.95. The van der Waals surface area contributed by atoms with Gasteiger partial charge in [0.05, 0.1) is 12.1 Å². The van der Waals surface area contributed by atoms with Gasteiger partial charge in [-0.2, -0.15) is 5.10 Å². The number of aldehydes is 1. The Balaban J connectivity index is 1.94. The highest BCUT2D eigenvalue weighted by Crippen LogP contribution is 2.21. The highest BCUT2D eigenvalue weighted by Gasteiger charge is 2.21. The molecule has 1 aromatic heterocycles. The fourth-order valence-electron chi connectivity index (χ4n) is 2.95. The summed E-state index contributed by atoms with van der Waals surface area (Å²) >= 11 is 0. The standard InChI is InChI=1S/C15H19N3O/c1-17-9-5-4-6-12(17)10-18-15-8-3-2-7-13(15)14(11-19)16-18/h2-3,7-8,11-12H,4-6,9-10H2,1H3. The van der Waals surface area contributed by atoms with E-state index in [2.05, 4.69) is 17.0 Å². The van der Waals surface area contributed by atoms with Crippen molar-refractivity contribution in [3.8, 4) is 0 Å². The van der Waals surface area contributed by atoms with Crippen molar-refractivity contribution in [1.29, 1.82) is 0 Å². The molecule has 4 heteroatoms. The smallest absolute Gasteiger partial charge is 0.170 e. The van der Waals surface area contributed by atoms with E-state index in [4.69, 9.17) is 0 Å². The van der Waals surface area contributed by atoms with Crippen LogP contribution in [0.5, 0.6) is 0 Å². The Hall–Kier alpha value is -1.68. The molecule has 0 aliphatic carbocycles. The Kier molecular flexibility index (Phi) is 3.34. The first-order valence-electron chi connectivity index (χ1n) is 6.90. The number of hydrogen-bond donors (Lipinski definition) is 0. The largest absolute Gasteiger partial charge is 0.302 e. The van der Waals surface area contributed by atoms with E-state index in [1.54, 1.807) is 0 Å². The molecule has 1 atom stereocenters. The van der Waals surface area contributed by atoms with Crippen LogP contribution in [0, 0.1) is 0 Å². The van der Waals surface area contributed by atoms with E-state index in [0.717, 1.165) is 30.3 Å². The van der Waals surface area contributed by atoms with E-state index in [-0.39, 0.29) is 0 Å². The van der Waals surface area contributed by atoms with Gasteiger partial charge in [-0.3, -0.25) is 9.48 Å². The molecule has 100 valence electrons. The molecular weight excluding hydrogens is 238 g/mol. The van der Waals surface area contributed by atoms with Crippen molar-refractivity contribution in [2.45, 2.75) is 31.8 Å². The minimum absolute atomic E-state index is 0.525. The number of benzene rings is 1. The van der Waals surface area contributed by atoms with E-state index >= 15 is 0 Å². The van der Waals surface area contributed by atoms with Crippen molar-refractivity contribution in [2.24, 2.45) is 0 Å². The topological polar surface area (TPSA) is 38.1 Å². The molecule has 2 aromatic rings. The van der Waals surface area contributed by atoms with Gasteiger partial charge in [0.1, 0.15) is 5.69 Å². The number of likely N-dealkylation sites (tertiary alicyclic amines) is 1. The average molecular weight is 257 g/mol. The lowest BCUT2D eigenvalue weighted by Crippen LogP contribution is -2.39. The third-order valence-corrected chi connectivity index (χ3v) is 4.10. The number of carbonyl (C=O) groups excluding carboxylic acids is 1. The molecule has 1 aliphatic rings. The molecule has 0 radical (unpaired) electrons. The van der Waals surface area contributed by atoms with Crippen molar-refractivity contribution in [3.63, 3.8) is 0 Å². The first-order valence-corrected chi connectivity index (χ1v) is 6.90. The highest BCUT2D eigenvalue weighted by atomic mass is 16.1. The number of carbonyl (C=O) groups is 1. The Labute approximate surface area is 113 Å². The second kappa shape index (κ2) is 5.13. The number of hydrogen-bond acceptors (Lipinski definition) is 3. The lowest BCUT2D eigenvalue weighted by Gasteiger charge is -2.32. The first kappa shape index (κ1) is 12.4. The maximum absolute atomic E-state index is 11.1. The van der Waals surface area contributed by atoms with Crippen LogP contribution in [0.3, 0.4) is 0 Å². The Morgan fingerprint density at radius 1 is 1.37 bits per heavy atom. The number of aromatic nitrogens is 2. The van der Waals surface area contributed by atoms with Crippen molar-refractivity contribution >= 4 is 17.2 Å². The molecule has 1 saturated heterocycles. The van der Waals surface area contributed by atoms with Gasteiger partial charge in [0.15, 0.2) is 6.29 Å². The third kappa shape index (κ3) is 2.28. The summed E-state index contributed by atoms with van der Waals surface area (Å²) in [5, 5.41) is 5.41. The molecule has 3 rings (SSSR count). The van der Waals surface area contributed by atoms with Crippen LogP contribution in [0.15, 0.2) is 24.3 Å². The fraction of sp³-hybridized carbons (Fsp3) is 0.467. The van der Waals surface area contributed by atoms with Gasteiger partial charge in [-0.05, 0) is 32.5 Å². The number of fused-ring (bicyclic) bond motifs is 1. The van der Waals surface area contributed by atoms with E-state index in [9.17, 15) is 4.79 Å². The van der Waals surface area contributed by atoms with E-state index < -0.39 is 0 Å². The second-order valence-corrected chi connectivity index (χ2v) is 5.33. The molecule has 0 saturated carbocycles. The maximum atomic E-state index is 11.1. The minimum Gasteiger partial charge on any atom is -0.302 e. The van der Waals surface area contributed by atoms with Crippen molar-refractivity contribution in [3.05, 3.63) is 30.0 Å². The number of para-hydroxylation sites is 1. The average Bonchev–Trinajstić information content (AvgIpc) is 2.80. The van der Waals surface area contributed by atoms with Gasteiger partial charge in [0, 0.05) is 11.4 Å². The SMILES string of the molecule is CN1CCCCC1Cn1nc(C=O)c2ccccc21. The normalized spacial score (nSPS) is 20.8. The van der Waals surface area contributed by atoms with Gasteiger partial charge >= 0.3 is 0 Å². The molecule has 0 amide bonds. The van der Waals surface area contributed by atoms with Crippen LogP contribution in [0.25, 0.3) is 10.9 Å². The Bertz CT molecular complexity index is 590. The van der Waals surface area contributed by atoms with Crippen LogP contribution < -0.4 is 0 Å². The molecule has 1 unspecified atom stereocenters. The molecule has 0 N–H and O–H groups in total. The van der Waals surface area contributed by atoms with Crippen molar-refractivity contribution in [1.82, 2.24) is 14.7 Å². The molecular formula is C15H19N3O. The van der Waals surface area contributed by atoms with Crippen LogP contribution in [-0.4, -0.2) is 40.6 Å². The molecule has 0 bridgehead atoms. The van der Waals surface area contributed by atoms with Gasteiger partial charge in [0.25, 0.3) is 0 Å². The predicted molar refractivity (Wildman–Crippen MR) is 75.4 cm³/mol. The molecule has 4 nitrogen and oxygen atoms in total. The summed E-state index contributed by atoms with van der Waals surface area (Å²) in [6, 6.07) is 8.48. The third-order valence-electron chi connectivity index (χ3n) is 4.10. The van der Waals surface area contributed by atoms with Gasteiger partial charge in [0.2, 0.25) is 0 Å². The summed E-state index contributed by atoms with van der Waals surface area (Å²) in [4.78, 5) is 13.5. The summed E-state index contributed by atoms with van der Waals surface area (Å²) < 4.78 is 1.99. The summed E-state index contributed by atoms with van der Waals surface area (Å²) in [6.45, 7) is 2.02. The molecule has 1 aliphatic heterocycles. The van der Waals surface area contributed by atoms with Crippen LogP contribution in [0.4, 0.5) is 0 Å². The van der Waals surface area contributed by atoms with Gasteiger partial charge in [-0.15, -0.1) is 0 Å². The zero-order chi connectivity index (χ0) is 13.2. The number of nitrogens with zero attached hydrogens (tertiary/aromatic N) is 3. The van der Waals surface area contributed by atoms with Crippen molar-refractivity contribution in [2.75, 3.05) is 13.6 Å². The van der Waals surface area contributed by atoms with Crippen LogP contribution in [-0.2, 0) is 6.54 Å². The first-order chi connectivity index (χ1) is 9.29. The van der Waals surface area contributed by atoms with E-state index in [1.807, 2.05) is 28.9 Å². The molecule has 1 aromatic carbocycles. The quantitative estimate of drug-likeness (QED) is 0.792. The molecule has 2 heterocycles. The van der Waals surface area contributed by atoms with Crippen LogP contribution in [0.1, 0.15) is 29.8 Å². The lowest BCUT2D eigenvalue weighted by atomic mass is 10.0. The van der Waals surface area contributed by atoms with E-state index in [0.29, 0.717) is 11.7 Å². The summed E-state index contributed by atoms with van der Waals surface area (Å²) in [5.74, 6) is 0. The van der Waals surface area contributed by atoms with Crippen LogP contribution in [0.2, 0.25) is 0 Å². The lowest BCUT2D eigenvalue weighted by molar-refractivity contribution is 0.111. The van der Waals surface area contributed by atoms with Gasteiger partial charge < -0.3 is 4.90 Å². The van der Waals surface area contributed by atoms with Crippen molar-refractivity contribution < 1.29 is 4.79 Å². The van der Waals surface area contributed by atoms with Gasteiger partial charge in [-0.1, -0.05) is 24.6 Å². The number of likely N-dealkylation sites (N-methyl/N-ethyl adjacent to an activating group) is 1. The van der Waals surface area contributed by atoms with Crippen LogP contribution >= 0.6 is 0 Å². The summed E-state index contributed by atoms with van der Waals surface area (Å²) in [6.07, 6.45) is 4.63. The Morgan fingerprint density at radius 2 is 2.21 bits per heavy atom.